The lowest BCUT2D eigenvalue weighted by molar-refractivity contribution is -0.227. The quantitative estimate of drug-likeness (QED) is 0.163. The van der Waals surface area contributed by atoms with E-state index in [2.05, 4.69) is 0 Å². The molecule has 0 bridgehead atoms. The minimum Gasteiger partial charge on any atom is -0.390 e. The van der Waals surface area contributed by atoms with Crippen molar-refractivity contribution >= 4 is 34.5 Å². The number of carbonyl (C=O) groups excluding carboxylic acids is 4. The molecule has 5 saturated carbocycles. The number of benzene rings is 2. The number of alkyl halides is 6. The lowest BCUT2D eigenvalue weighted by Crippen LogP contribution is -2.70. The molecule has 0 aromatic heterocycles. The summed E-state index contributed by atoms with van der Waals surface area (Å²) in [5.41, 5.74) is -7.07. The summed E-state index contributed by atoms with van der Waals surface area (Å²) in [6.45, 7) is 4.50. The van der Waals surface area contributed by atoms with Crippen LogP contribution >= 0.6 is 0 Å². The first kappa shape index (κ1) is 53.1. The van der Waals surface area contributed by atoms with Gasteiger partial charge in [0.2, 0.25) is 0 Å². The molecule has 0 amide bonds. The number of halogens is 6. The number of aliphatic hydroxyl groups excluding tert-OH is 2. The molecule has 2 aromatic rings. The van der Waals surface area contributed by atoms with Gasteiger partial charge in [-0.15, -0.1) is 0 Å². The molecule has 4 N–H and O–H groups in total. The molecule has 0 radical (unpaired) electrons. The standard InChI is InChI=1S/C28H30F3NO4.C21H23F3O3.C6H7NO.CH4/c1-25-9-8-18(33)11-21(25)22(30)12-20-19-10-16-15-32(17-6-4-3-5-7-17)36-28(16,24(35)14-29)26(19,2)13-23(34)27(20,25)31;1-19-9-18(27)21(24)14(12(19)3-4-13(19)17(26)10-22)8-16(23)15-7-11(25)5-6-20(15,21)2;8-7-6-4-2-1-3-5-6;/h3-9,11,16,19-20,22-23,34H,10,12-15H2,1-2H3;4-7,12,14,16,18,27H,3,8-10H2,1-2H3;1-5,7-8H;1H4/t16-,19-,20-,22-,23-,25-,26-,27-,28-;12-,14-,16-,18-,19-,20-,21-;;/m00../s1. The number of allylic oxidation sites excluding steroid dienone is 10. The zero-order valence-electron chi connectivity index (χ0n) is 40.0. The highest BCUT2D eigenvalue weighted by Crippen LogP contribution is 2.73. The highest BCUT2D eigenvalue weighted by Gasteiger charge is 2.80. The lowest BCUT2D eigenvalue weighted by atomic mass is 9.44. The molecule has 0 unspecified atom stereocenters. The van der Waals surface area contributed by atoms with Crippen LogP contribution in [0.1, 0.15) is 73.6 Å². The van der Waals surface area contributed by atoms with Crippen LogP contribution in [0.5, 0.6) is 0 Å². The van der Waals surface area contributed by atoms with E-state index in [4.69, 9.17) is 10.0 Å². The second-order valence-corrected chi connectivity index (χ2v) is 21.8. The molecular formula is C56H64F6N2O8. The van der Waals surface area contributed by atoms with Gasteiger partial charge in [0.1, 0.15) is 12.3 Å². The van der Waals surface area contributed by atoms with Gasteiger partial charge < -0.3 is 10.2 Å². The number of fused-ring (bicyclic) bond motifs is 12. The summed E-state index contributed by atoms with van der Waals surface area (Å²) in [6, 6.07) is 18.3. The van der Waals surface area contributed by atoms with Gasteiger partial charge in [-0.05, 0) is 124 Å². The molecule has 1 saturated heterocycles. The van der Waals surface area contributed by atoms with E-state index >= 15 is 17.6 Å². The van der Waals surface area contributed by atoms with Crippen LogP contribution in [0.2, 0.25) is 0 Å². The summed E-state index contributed by atoms with van der Waals surface area (Å²) < 4.78 is 91.8. The Balaban J connectivity index is 0.000000169. The zero-order chi connectivity index (χ0) is 51.3. The van der Waals surface area contributed by atoms with Crippen LogP contribution in [-0.2, 0) is 24.0 Å². The van der Waals surface area contributed by atoms with Crippen molar-refractivity contribution in [2.75, 3.05) is 30.4 Å². The van der Waals surface area contributed by atoms with Crippen LogP contribution in [0.15, 0.2) is 120 Å². The van der Waals surface area contributed by atoms with Crippen molar-refractivity contribution in [2.45, 2.75) is 115 Å². The van der Waals surface area contributed by atoms with E-state index in [0.29, 0.717) is 25.1 Å². The third kappa shape index (κ3) is 7.33. The van der Waals surface area contributed by atoms with E-state index in [9.17, 15) is 38.2 Å². The average Bonchev–Trinajstić information content (AvgIpc) is 3.99. The van der Waals surface area contributed by atoms with Crippen LogP contribution in [0.3, 0.4) is 0 Å². The second-order valence-electron chi connectivity index (χ2n) is 21.8. The van der Waals surface area contributed by atoms with E-state index in [0.717, 1.165) is 17.8 Å². The summed E-state index contributed by atoms with van der Waals surface area (Å²) >= 11 is 0. The SMILES string of the molecule is C.C[C@]12C=CC(=O)C=C1[C@@H](F)C[C@H]1[C@@H]3CC=C(C(=O)CF)[C@@]3(C)C[C@H](O)[C@@]12F.C[C@]12C=CC(=O)C=C1[C@@H](F)C[C@H]1[C@@H]3C[C@H]4CN(c5ccccc5)O[C@@]4(C(=O)CF)[C@@]3(C)C[C@H](O)[C@@]12F.ONc1ccccc1. The molecule has 2 aromatic carbocycles. The van der Waals surface area contributed by atoms with Crippen molar-refractivity contribution in [3.05, 3.63) is 120 Å². The number of nitrogens with zero attached hydrogens (tertiary/aromatic N) is 1. The maximum absolute atomic E-state index is 17.3. The van der Waals surface area contributed by atoms with Crippen molar-refractivity contribution < 1.29 is 65.8 Å². The number of hydrogen-bond acceptors (Lipinski definition) is 10. The van der Waals surface area contributed by atoms with Gasteiger partial charge in [-0.25, -0.2) is 26.3 Å². The van der Waals surface area contributed by atoms with E-state index < -0.39 is 123 Å². The predicted octanol–water partition coefficient (Wildman–Crippen LogP) is 9.76. The Morgan fingerprint density at radius 3 is 1.75 bits per heavy atom. The van der Waals surface area contributed by atoms with Gasteiger partial charge in [-0.3, -0.25) is 39.8 Å². The Hall–Kier alpha value is -5.16. The molecular weight excluding hydrogens is 943 g/mol. The highest BCUT2D eigenvalue weighted by atomic mass is 19.2. The third-order valence-corrected chi connectivity index (χ3v) is 18.7. The van der Waals surface area contributed by atoms with Gasteiger partial charge in [0.05, 0.1) is 30.1 Å². The van der Waals surface area contributed by atoms with Gasteiger partial charge in [0.25, 0.3) is 0 Å². The number of aliphatic hydroxyl groups is 2. The molecule has 11 rings (SSSR count). The monoisotopic (exact) mass is 1010 g/mol. The Labute approximate surface area is 415 Å². The van der Waals surface area contributed by atoms with E-state index in [1.165, 1.54) is 38.2 Å². The number of para-hydroxylation sites is 2. The van der Waals surface area contributed by atoms with Crippen molar-refractivity contribution in [1.82, 2.24) is 0 Å². The molecule has 1 heterocycles. The largest absolute Gasteiger partial charge is 0.390 e. The Bertz CT molecular complexity index is 2650. The number of carbonyl (C=O) groups is 4. The van der Waals surface area contributed by atoms with E-state index in [1.54, 1.807) is 37.1 Å². The summed E-state index contributed by atoms with van der Waals surface area (Å²) in [5, 5.41) is 32.3. The first-order valence-corrected chi connectivity index (χ1v) is 24.3. The lowest BCUT2D eigenvalue weighted by Gasteiger charge is -2.63. The van der Waals surface area contributed by atoms with Crippen molar-refractivity contribution in [3.8, 4) is 0 Å². The minimum atomic E-state index is -2.25. The number of ketones is 4. The number of hydrogen-bond donors (Lipinski definition) is 4. The molecule has 0 spiro atoms. The first-order valence-electron chi connectivity index (χ1n) is 24.3. The normalized spacial score (nSPS) is 42.6. The number of anilines is 2. The maximum atomic E-state index is 17.3. The molecule has 72 heavy (non-hydrogen) atoms. The number of hydroxylamine groups is 1. The van der Waals surface area contributed by atoms with Crippen LogP contribution in [0, 0.1) is 51.2 Å². The molecule has 9 aliphatic rings. The highest BCUT2D eigenvalue weighted by molar-refractivity contribution is 6.02. The average molecular weight is 1010 g/mol. The Kier molecular flexibility index (Phi) is 13.8. The summed E-state index contributed by atoms with van der Waals surface area (Å²) in [6.07, 6.45) is 3.20. The van der Waals surface area contributed by atoms with Gasteiger partial charge in [0, 0.05) is 45.0 Å². The smallest absolute Gasteiger partial charge is 0.199 e. The summed E-state index contributed by atoms with van der Waals surface area (Å²) in [4.78, 5) is 55.5. The Morgan fingerprint density at radius 1 is 0.736 bits per heavy atom. The fraction of sp³-hybridized carbons (Fsp3) is 0.536. The van der Waals surface area contributed by atoms with Crippen LogP contribution in [-0.4, -0.2) is 99.9 Å². The molecule has 16 atom stereocenters. The van der Waals surface area contributed by atoms with Crippen molar-refractivity contribution in [3.63, 3.8) is 0 Å². The number of nitrogens with one attached hydrogen (secondary N) is 1. The molecule has 6 fully saturated rings. The molecule has 10 nitrogen and oxygen atoms in total. The van der Waals surface area contributed by atoms with Crippen LogP contribution in [0.4, 0.5) is 37.7 Å². The van der Waals surface area contributed by atoms with Crippen LogP contribution in [0.25, 0.3) is 0 Å². The fourth-order valence-electron chi connectivity index (χ4n) is 15.4. The Morgan fingerprint density at radius 2 is 1.25 bits per heavy atom. The molecule has 388 valence electrons. The zero-order valence-corrected chi connectivity index (χ0v) is 40.0. The van der Waals surface area contributed by atoms with Crippen LogP contribution < -0.4 is 10.5 Å². The second kappa shape index (κ2) is 18.6. The summed E-state index contributed by atoms with van der Waals surface area (Å²) in [5.74, 6) is -5.33. The first-order chi connectivity index (χ1) is 33.5. The van der Waals surface area contributed by atoms with E-state index in [-0.39, 0.29) is 55.6 Å². The van der Waals surface area contributed by atoms with E-state index in [1.807, 2.05) is 54.0 Å². The minimum absolute atomic E-state index is 0. The fourth-order valence-corrected chi connectivity index (χ4v) is 15.4. The van der Waals surface area contributed by atoms with Gasteiger partial charge in [-0.1, -0.05) is 75.9 Å². The molecule has 16 heteroatoms. The van der Waals surface area contributed by atoms with Crippen molar-refractivity contribution in [1.29, 1.82) is 0 Å². The summed E-state index contributed by atoms with van der Waals surface area (Å²) in [7, 11) is 0. The molecule has 8 aliphatic carbocycles. The maximum Gasteiger partial charge on any atom is 0.199 e. The molecule has 1 aliphatic heterocycles. The third-order valence-electron chi connectivity index (χ3n) is 18.7. The predicted molar refractivity (Wildman–Crippen MR) is 258 cm³/mol. The number of Topliss-reactive ketones (excluding diaryl/α,β-unsaturated/α-hetero) is 2. The van der Waals surface area contributed by atoms with Gasteiger partial charge >= 0.3 is 0 Å². The van der Waals surface area contributed by atoms with Gasteiger partial charge in [-0.2, -0.15) is 0 Å². The topological polar surface area (TPSA) is 153 Å². The number of rotatable bonds is 6. The van der Waals surface area contributed by atoms with Crippen molar-refractivity contribution in [2.24, 2.45) is 51.2 Å². The van der Waals surface area contributed by atoms with Gasteiger partial charge in [0.15, 0.2) is 53.4 Å².